The summed E-state index contributed by atoms with van der Waals surface area (Å²) >= 11 is 0. The van der Waals surface area contributed by atoms with E-state index in [0.717, 1.165) is 21.7 Å². The molecule has 6 nitrogen and oxygen atoms in total. The Hall–Kier alpha value is -3.67. The summed E-state index contributed by atoms with van der Waals surface area (Å²) in [5.41, 5.74) is 3.78. The molecule has 0 saturated carbocycles. The fourth-order valence-electron chi connectivity index (χ4n) is 4.02. The second kappa shape index (κ2) is 8.46. The molecule has 4 rings (SSSR count). The van der Waals surface area contributed by atoms with E-state index in [2.05, 4.69) is 33.0 Å². The molecule has 2 heterocycles. The highest BCUT2D eigenvalue weighted by atomic mass is 16.3. The number of amides is 3. The monoisotopic (exact) mass is 430 g/mol. The summed E-state index contributed by atoms with van der Waals surface area (Å²) in [7, 11) is 0. The summed E-state index contributed by atoms with van der Waals surface area (Å²) in [6, 6.07) is 14.1. The molecule has 3 amide bonds. The van der Waals surface area contributed by atoms with Gasteiger partial charge in [0.05, 0.1) is 23.9 Å². The molecular weight excluding hydrogens is 404 g/mol. The molecule has 2 aromatic carbocycles. The van der Waals surface area contributed by atoms with E-state index in [1.165, 1.54) is 12.3 Å². The maximum atomic E-state index is 13.2. The first kappa shape index (κ1) is 21.6. The van der Waals surface area contributed by atoms with Crippen LogP contribution in [0.2, 0.25) is 0 Å². The van der Waals surface area contributed by atoms with Crippen molar-refractivity contribution in [1.29, 1.82) is 0 Å². The normalized spacial score (nSPS) is 13.2. The van der Waals surface area contributed by atoms with E-state index in [1.807, 2.05) is 18.2 Å². The molecule has 164 valence electrons. The first-order valence-corrected chi connectivity index (χ1v) is 10.7. The van der Waals surface area contributed by atoms with Crippen molar-refractivity contribution in [3.05, 3.63) is 88.4 Å². The number of benzene rings is 2. The number of carbonyl (C=O) groups excluding carboxylic acids is 3. The van der Waals surface area contributed by atoms with Crippen LogP contribution >= 0.6 is 0 Å². The third-order valence-electron chi connectivity index (χ3n) is 5.74. The zero-order chi connectivity index (χ0) is 23.0. The van der Waals surface area contributed by atoms with Crippen LogP contribution in [0, 0.1) is 0 Å². The van der Waals surface area contributed by atoms with Crippen LogP contribution in [-0.2, 0) is 6.54 Å². The Bertz CT molecular complexity index is 1170. The van der Waals surface area contributed by atoms with Gasteiger partial charge in [-0.05, 0) is 53.3 Å². The topological polar surface area (TPSA) is 79.6 Å². The van der Waals surface area contributed by atoms with Crippen LogP contribution in [0.25, 0.3) is 0 Å². The van der Waals surface area contributed by atoms with E-state index in [9.17, 15) is 14.4 Å². The van der Waals surface area contributed by atoms with Gasteiger partial charge < -0.3 is 9.73 Å². The number of hydrogen-bond acceptors (Lipinski definition) is 4. The number of para-hydroxylation sites is 1. The van der Waals surface area contributed by atoms with Gasteiger partial charge >= 0.3 is 0 Å². The number of furan rings is 1. The molecule has 0 radical (unpaired) electrons. The molecule has 1 aliphatic rings. The number of imide groups is 1. The van der Waals surface area contributed by atoms with Crippen molar-refractivity contribution in [2.24, 2.45) is 0 Å². The Morgan fingerprint density at radius 2 is 1.56 bits per heavy atom. The summed E-state index contributed by atoms with van der Waals surface area (Å²) in [4.78, 5) is 39.9. The Kier molecular flexibility index (Phi) is 5.70. The highest BCUT2D eigenvalue weighted by molar-refractivity contribution is 6.22. The van der Waals surface area contributed by atoms with Gasteiger partial charge in [0.1, 0.15) is 5.76 Å². The molecule has 1 aromatic heterocycles. The fourth-order valence-corrected chi connectivity index (χ4v) is 4.02. The largest absolute Gasteiger partial charge is 0.467 e. The van der Waals surface area contributed by atoms with Gasteiger partial charge in [-0.1, -0.05) is 45.9 Å². The number of nitrogens with zero attached hydrogens (tertiary/aromatic N) is 1. The third kappa shape index (κ3) is 3.84. The maximum absolute atomic E-state index is 13.2. The summed E-state index contributed by atoms with van der Waals surface area (Å²) < 4.78 is 5.27. The zero-order valence-corrected chi connectivity index (χ0v) is 18.6. The minimum atomic E-state index is -0.429. The average Bonchev–Trinajstić information content (AvgIpc) is 3.36. The number of fused-ring (bicyclic) bond motifs is 1. The summed E-state index contributed by atoms with van der Waals surface area (Å²) in [6.45, 7) is 8.40. The van der Waals surface area contributed by atoms with Gasteiger partial charge in [0, 0.05) is 11.3 Å². The minimum Gasteiger partial charge on any atom is -0.467 e. The van der Waals surface area contributed by atoms with Gasteiger partial charge in [0.15, 0.2) is 0 Å². The van der Waals surface area contributed by atoms with Crippen LogP contribution in [0.5, 0.6) is 0 Å². The van der Waals surface area contributed by atoms with Crippen LogP contribution in [0.3, 0.4) is 0 Å². The zero-order valence-electron chi connectivity index (χ0n) is 18.6. The fraction of sp³-hybridized carbons (Fsp3) is 0.269. The van der Waals surface area contributed by atoms with Gasteiger partial charge in [-0.3, -0.25) is 19.3 Å². The lowest BCUT2D eigenvalue weighted by atomic mass is 9.92. The van der Waals surface area contributed by atoms with Crippen LogP contribution in [-0.4, -0.2) is 22.6 Å². The molecule has 1 aliphatic heterocycles. The quantitative estimate of drug-likeness (QED) is 0.518. The van der Waals surface area contributed by atoms with Crippen molar-refractivity contribution >= 4 is 23.4 Å². The Balaban J connectivity index is 1.63. The molecule has 0 spiro atoms. The standard InChI is InChI=1S/C26H26N2O4/c1-15(2)19-8-5-9-20(16(3)4)23(19)27-24(29)17-10-11-21-22(13-17)26(31)28(25(21)30)14-18-7-6-12-32-18/h5-13,15-16H,14H2,1-4H3,(H,27,29). The molecule has 32 heavy (non-hydrogen) atoms. The Morgan fingerprint density at radius 1 is 0.906 bits per heavy atom. The van der Waals surface area contributed by atoms with Crippen LogP contribution in [0.4, 0.5) is 5.69 Å². The Labute approximate surface area is 187 Å². The predicted molar refractivity (Wildman–Crippen MR) is 122 cm³/mol. The van der Waals surface area contributed by atoms with Crippen molar-refractivity contribution < 1.29 is 18.8 Å². The number of carbonyl (C=O) groups is 3. The number of anilines is 1. The molecule has 0 unspecified atom stereocenters. The van der Waals surface area contributed by atoms with E-state index in [0.29, 0.717) is 16.9 Å². The smallest absolute Gasteiger partial charge is 0.261 e. The molecule has 6 heteroatoms. The van der Waals surface area contributed by atoms with E-state index in [-0.39, 0.29) is 35.8 Å². The highest BCUT2D eigenvalue weighted by Gasteiger charge is 2.36. The molecule has 0 fully saturated rings. The minimum absolute atomic E-state index is 0.0559. The lowest BCUT2D eigenvalue weighted by Crippen LogP contribution is -2.28. The molecule has 0 atom stereocenters. The lowest BCUT2D eigenvalue weighted by molar-refractivity contribution is 0.0631. The maximum Gasteiger partial charge on any atom is 0.261 e. The first-order valence-electron chi connectivity index (χ1n) is 10.7. The van der Waals surface area contributed by atoms with Gasteiger partial charge in [-0.25, -0.2) is 0 Å². The highest BCUT2D eigenvalue weighted by Crippen LogP contribution is 2.33. The number of hydrogen-bond donors (Lipinski definition) is 1. The number of rotatable bonds is 6. The van der Waals surface area contributed by atoms with Crippen LogP contribution < -0.4 is 5.32 Å². The van der Waals surface area contributed by atoms with E-state index in [4.69, 9.17) is 4.42 Å². The molecule has 1 N–H and O–H groups in total. The van der Waals surface area contributed by atoms with Crippen molar-refractivity contribution in [3.63, 3.8) is 0 Å². The van der Waals surface area contributed by atoms with Gasteiger partial charge in [-0.2, -0.15) is 0 Å². The molecule has 0 aliphatic carbocycles. The van der Waals surface area contributed by atoms with E-state index < -0.39 is 5.91 Å². The van der Waals surface area contributed by atoms with E-state index in [1.54, 1.807) is 24.3 Å². The van der Waals surface area contributed by atoms with Gasteiger partial charge in [-0.15, -0.1) is 0 Å². The van der Waals surface area contributed by atoms with Gasteiger partial charge in [0.25, 0.3) is 17.7 Å². The molecule has 0 bridgehead atoms. The van der Waals surface area contributed by atoms with E-state index >= 15 is 0 Å². The SMILES string of the molecule is CC(C)c1cccc(C(C)C)c1NC(=O)c1ccc2c(c1)C(=O)N(Cc1ccco1)C2=O. The average molecular weight is 431 g/mol. The molecule has 3 aromatic rings. The summed E-state index contributed by atoms with van der Waals surface area (Å²) in [5, 5.41) is 3.06. The van der Waals surface area contributed by atoms with Crippen LogP contribution in [0.15, 0.2) is 59.2 Å². The Morgan fingerprint density at radius 3 is 2.16 bits per heavy atom. The summed E-state index contributed by atoms with van der Waals surface area (Å²) in [5.74, 6) is -0.143. The molecule has 0 saturated heterocycles. The van der Waals surface area contributed by atoms with Crippen molar-refractivity contribution in [2.45, 2.75) is 46.1 Å². The van der Waals surface area contributed by atoms with Gasteiger partial charge in [0.2, 0.25) is 0 Å². The van der Waals surface area contributed by atoms with Crippen LogP contribution in [0.1, 0.15) is 87.5 Å². The number of nitrogens with one attached hydrogen (secondary N) is 1. The van der Waals surface area contributed by atoms with Crippen molar-refractivity contribution in [1.82, 2.24) is 4.90 Å². The first-order chi connectivity index (χ1) is 15.3. The lowest BCUT2D eigenvalue weighted by Gasteiger charge is -2.20. The second-order valence-electron chi connectivity index (χ2n) is 8.61. The predicted octanol–water partition coefficient (Wildman–Crippen LogP) is 5.57. The van der Waals surface area contributed by atoms with Crippen molar-refractivity contribution in [2.75, 3.05) is 5.32 Å². The van der Waals surface area contributed by atoms with Crippen molar-refractivity contribution in [3.8, 4) is 0 Å². The molecular formula is C26H26N2O4. The third-order valence-corrected chi connectivity index (χ3v) is 5.74. The second-order valence-corrected chi connectivity index (χ2v) is 8.61. The summed E-state index contributed by atoms with van der Waals surface area (Å²) in [6.07, 6.45) is 1.50.